The van der Waals surface area contributed by atoms with Gasteiger partial charge in [-0.15, -0.1) is 11.3 Å². The van der Waals surface area contributed by atoms with Gasteiger partial charge in [-0.05, 0) is 73.7 Å². The monoisotopic (exact) mass is 459 g/mol. The lowest BCUT2D eigenvalue weighted by atomic mass is 10.2. The molecular weight excluding hydrogens is 438 g/mol. The molecule has 0 fully saturated rings. The Labute approximate surface area is 194 Å². The summed E-state index contributed by atoms with van der Waals surface area (Å²) < 4.78 is 7.30. The Balaban J connectivity index is 1.59. The van der Waals surface area contributed by atoms with Gasteiger partial charge >= 0.3 is 0 Å². The van der Waals surface area contributed by atoms with Crippen LogP contribution in [0, 0.1) is 11.3 Å². The molecule has 160 valence electrons. The van der Waals surface area contributed by atoms with Crippen molar-refractivity contribution in [3.8, 4) is 17.5 Å². The van der Waals surface area contributed by atoms with Crippen molar-refractivity contribution in [2.24, 2.45) is 0 Å². The average Bonchev–Trinajstić information content (AvgIpc) is 3.40. The molecule has 7 heteroatoms. The number of rotatable bonds is 6. The Kier molecular flexibility index (Phi) is 5.73. The number of hydrogen-bond acceptors (Lipinski definition) is 6. The molecule has 0 spiro atoms. The van der Waals surface area contributed by atoms with Gasteiger partial charge in [0.1, 0.15) is 10.6 Å². The van der Waals surface area contributed by atoms with E-state index in [-0.39, 0.29) is 5.56 Å². The second-order valence-corrected chi connectivity index (χ2v) is 9.62. The smallest absolute Gasteiger partial charge is 0.267 e. The summed E-state index contributed by atoms with van der Waals surface area (Å²) in [6.45, 7) is 2.55. The van der Waals surface area contributed by atoms with Crippen molar-refractivity contribution in [1.29, 1.82) is 5.26 Å². The molecule has 2 aromatic heterocycles. The van der Waals surface area contributed by atoms with E-state index >= 15 is 0 Å². The van der Waals surface area contributed by atoms with E-state index in [4.69, 9.17) is 15.0 Å². The van der Waals surface area contributed by atoms with E-state index in [2.05, 4.69) is 6.07 Å². The minimum atomic E-state index is 0.000823. The van der Waals surface area contributed by atoms with Crippen LogP contribution in [-0.4, -0.2) is 16.2 Å². The topological polar surface area (TPSA) is 67.9 Å². The highest BCUT2D eigenvalue weighted by Gasteiger charge is 2.24. The first-order chi connectivity index (χ1) is 15.7. The molecule has 0 N–H and O–H groups in total. The zero-order chi connectivity index (χ0) is 22.1. The number of fused-ring (bicyclic) bond motifs is 3. The predicted molar refractivity (Wildman–Crippen MR) is 129 cm³/mol. The lowest BCUT2D eigenvalue weighted by Crippen LogP contribution is -2.21. The molecule has 0 aliphatic heterocycles. The van der Waals surface area contributed by atoms with Gasteiger partial charge < -0.3 is 4.74 Å². The first-order valence-corrected chi connectivity index (χ1v) is 12.4. The molecule has 2 aromatic carbocycles. The molecule has 1 aliphatic carbocycles. The molecule has 1 aliphatic rings. The van der Waals surface area contributed by atoms with E-state index in [9.17, 15) is 4.79 Å². The van der Waals surface area contributed by atoms with E-state index in [1.807, 2.05) is 55.5 Å². The van der Waals surface area contributed by atoms with Gasteiger partial charge in [0.15, 0.2) is 5.16 Å². The van der Waals surface area contributed by atoms with Crippen LogP contribution in [0.15, 0.2) is 58.5 Å². The van der Waals surface area contributed by atoms with Crippen LogP contribution in [0.4, 0.5) is 0 Å². The van der Waals surface area contributed by atoms with E-state index in [1.54, 1.807) is 15.9 Å². The summed E-state index contributed by atoms with van der Waals surface area (Å²) in [5.74, 6) is 1.44. The van der Waals surface area contributed by atoms with E-state index in [1.165, 1.54) is 22.2 Å². The van der Waals surface area contributed by atoms with Gasteiger partial charge in [-0.1, -0.05) is 23.9 Å². The maximum atomic E-state index is 13.7. The van der Waals surface area contributed by atoms with Crippen LogP contribution in [0.1, 0.15) is 34.9 Å². The van der Waals surface area contributed by atoms with Crippen molar-refractivity contribution >= 4 is 33.3 Å². The number of benzene rings is 2. The zero-order valence-electron chi connectivity index (χ0n) is 17.6. The third-order valence-corrected chi connectivity index (χ3v) is 7.76. The molecule has 0 saturated heterocycles. The molecule has 0 saturated carbocycles. The van der Waals surface area contributed by atoms with Gasteiger partial charge in [-0.2, -0.15) is 5.26 Å². The van der Waals surface area contributed by atoms with Crippen LogP contribution in [0.5, 0.6) is 5.75 Å². The number of ether oxygens (including phenoxy) is 1. The highest BCUT2D eigenvalue weighted by Crippen LogP contribution is 2.36. The molecule has 0 unspecified atom stereocenters. The number of hydrogen-bond donors (Lipinski definition) is 0. The van der Waals surface area contributed by atoms with Crippen molar-refractivity contribution in [1.82, 2.24) is 9.55 Å². The van der Waals surface area contributed by atoms with Crippen molar-refractivity contribution < 1.29 is 4.74 Å². The van der Waals surface area contributed by atoms with Gasteiger partial charge in [0.25, 0.3) is 5.56 Å². The summed E-state index contributed by atoms with van der Waals surface area (Å²) in [6, 6.07) is 17.3. The lowest BCUT2D eigenvalue weighted by molar-refractivity contribution is 0.340. The van der Waals surface area contributed by atoms with Crippen molar-refractivity contribution in [2.45, 2.75) is 37.1 Å². The van der Waals surface area contributed by atoms with Gasteiger partial charge in [-0.3, -0.25) is 9.36 Å². The minimum Gasteiger partial charge on any atom is -0.494 e. The molecule has 32 heavy (non-hydrogen) atoms. The number of thiophene rings is 1. The third kappa shape index (κ3) is 3.81. The molecule has 0 amide bonds. The SMILES string of the molecule is CCOc1ccc(-n2c(SCc3ccc(C#N)cc3)nc3sc4c(c3c2=O)CCC4)cc1. The minimum absolute atomic E-state index is 0.000823. The van der Waals surface area contributed by atoms with E-state index < -0.39 is 0 Å². The van der Waals surface area contributed by atoms with Crippen molar-refractivity contribution in [3.63, 3.8) is 0 Å². The maximum Gasteiger partial charge on any atom is 0.267 e. The Bertz CT molecular complexity index is 1380. The molecule has 0 radical (unpaired) electrons. The summed E-state index contributed by atoms with van der Waals surface area (Å²) >= 11 is 3.20. The van der Waals surface area contributed by atoms with Crippen LogP contribution in [-0.2, 0) is 18.6 Å². The summed E-state index contributed by atoms with van der Waals surface area (Å²) in [5.41, 5.74) is 3.69. The first-order valence-electron chi connectivity index (χ1n) is 10.6. The van der Waals surface area contributed by atoms with E-state index in [0.717, 1.165) is 46.5 Å². The number of nitriles is 1. The molecule has 0 bridgehead atoms. The zero-order valence-corrected chi connectivity index (χ0v) is 19.3. The molecule has 0 atom stereocenters. The molecule has 4 aromatic rings. The van der Waals surface area contributed by atoms with Crippen LogP contribution in [0.3, 0.4) is 0 Å². The Morgan fingerprint density at radius 1 is 1.16 bits per heavy atom. The van der Waals surface area contributed by atoms with Gasteiger partial charge in [0.05, 0.1) is 29.3 Å². The van der Waals surface area contributed by atoms with Crippen LogP contribution in [0.2, 0.25) is 0 Å². The molecule has 5 nitrogen and oxygen atoms in total. The van der Waals surface area contributed by atoms with Gasteiger partial charge in [0, 0.05) is 10.6 Å². The summed E-state index contributed by atoms with van der Waals surface area (Å²) in [6.07, 6.45) is 3.09. The van der Waals surface area contributed by atoms with Gasteiger partial charge in [-0.25, -0.2) is 4.98 Å². The third-order valence-electron chi connectivity index (χ3n) is 5.57. The number of aryl methyl sites for hydroxylation is 2. The van der Waals surface area contributed by atoms with Gasteiger partial charge in [0.2, 0.25) is 0 Å². The molecular formula is C25H21N3O2S2. The van der Waals surface area contributed by atoms with Crippen LogP contribution in [0.25, 0.3) is 15.9 Å². The average molecular weight is 460 g/mol. The highest BCUT2D eigenvalue weighted by molar-refractivity contribution is 7.98. The summed E-state index contributed by atoms with van der Waals surface area (Å²) in [4.78, 5) is 20.8. The van der Waals surface area contributed by atoms with Crippen molar-refractivity contribution in [3.05, 3.63) is 80.5 Å². The molecule has 5 rings (SSSR count). The Hall–Kier alpha value is -3.08. The fraction of sp³-hybridized carbons (Fsp3) is 0.240. The van der Waals surface area contributed by atoms with Crippen LogP contribution < -0.4 is 10.3 Å². The summed E-state index contributed by atoms with van der Waals surface area (Å²) in [5, 5.41) is 10.5. The number of aromatic nitrogens is 2. The fourth-order valence-corrected chi connectivity index (χ4v) is 6.30. The maximum absolute atomic E-state index is 13.7. The largest absolute Gasteiger partial charge is 0.494 e. The van der Waals surface area contributed by atoms with Crippen molar-refractivity contribution in [2.75, 3.05) is 6.61 Å². The standard InChI is InChI=1S/C25H21N3O2S2/c1-2-30-19-12-10-18(11-13-19)28-24(29)22-20-4-3-5-21(20)32-23(22)27-25(28)31-15-17-8-6-16(14-26)7-9-17/h6-13H,2-5,15H2,1H3. The number of thioether (sulfide) groups is 1. The highest BCUT2D eigenvalue weighted by atomic mass is 32.2. The fourth-order valence-electron chi connectivity index (χ4n) is 4.03. The van der Waals surface area contributed by atoms with Crippen LogP contribution >= 0.6 is 23.1 Å². The Morgan fingerprint density at radius 2 is 1.94 bits per heavy atom. The second kappa shape index (κ2) is 8.81. The normalized spacial score (nSPS) is 12.6. The summed E-state index contributed by atoms with van der Waals surface area (Å²) in [7, 11) is 0. The quantitative estimate of drug-likeness (QED) is 0.281. The Morgan fingerprint density at radius 3 is 2.66 bits per heavy atom. The molecule has 2 heterocycles. The lowest BCUT2D eigenvalue weighted by Gasteiger charge is -2.13. The number of nitrogens with zero attached hydrogens (tertiary/aromatic N) is 3. The first kappa shape index (κ1) is 20.8. The van der Waals surface area contributed by atoms with E-state index in [0.29, 0.717) is 23.1 Å². The predicted octanol–water partition coefficient (Wildman–Crippen LogP) is 5.50. The second-order valence-electron chi connectivity index (χ2n) is 7.60.